The highest BCUT2D eigenvalue weighted by atomic mass is 32.2. The highest BCUT2D eigenvalue weighted by molar-refractivity contribution is 7.91. The Labute approximate surface area is 84.0 Å². The van der Waals surface area contributed by atoms with Crippen molar-refractivity contribution in [1.29, 1.82) is 0 Å². The van der Waals surface area contributed by atoms with Gasteiger partial charge in [-0.2, -0.15) is 0 Å². The quantitative estimate of drug-likeness (QED) is 0.634. The minimum atomic E-state index is -2.88. The van der Waals surface area contributed by atoms with Crippen molar-refractivity contribution in [2.45, 2.75) is 26.3 Å². The minimum Gasteiger partial charge on any atom is -0.306 e. The lowest BCUT2D eigenvalue weighted by molar-refractivity contribution is 0.203. The molecule has 0 spiro atoms. The summed E-state index contributed by atoms with van der Waals surface area (Å²) in [4.78, 5) is 0. The van der Waals surface area contributed by atoms with E-state index in [0.29, 0.717) is 6.42 Å². The summed E-state index contributed by atoms with van der Waals surface area (Å²) in [6.07, 6.45) is 0.591. The number of hydrogen-bond acceptors (Lipinski definition) is 5. The number of nitrogens with one attached hydrogen (secondary N) is 2. The van der Waals surface area contributed by atoms with Crippen molar-refractivity contribution >= 4 is 9.84 Å². The highest BCUT2D eigenvalue weighted by Gasteiger charge is 2.32. The zero-order valence-electron chi connectivity index (χ0n) is 8.37. The summed E-state index contributed by atoms with van der Waals surface area (Å²) in [5, 5.41) is 1.88. The maximum absolute atomic E-state index is 11.4. The molecule has 0 saturated carbocycles. The molecule has 0 radical (unpaired) electrons. The summed E-state index contributed by atoms with van der Waals surface area (Å²) in [5.41, 5.74) is 7.90. The van der Waals surface area contributed by atoms with Crippen LogP contribution in [0.5, 0.6) is 0 Å². The molecule has 0 atom stereocenters. The van der Waals surface area contributed by atoms with E-state index in [1.807, 2.05) is 18.9 Å². The van der Waals surface area contributed by atoms with Gasteiger partial charge in [0.1, 0.15) is 0 Å². The van der Waals surface area contributed by atoms with Gasteiger partial charge in [0.25, 0.3) is 0 Å². The maximum atomic E-state index is 11.4. The number of hydrogen-bond donors (Lipinski definition) is 2. The lowest BCUT2D eigenvalue weighted by Gasteiger charge is -2.25. The third-order valence-corrected chi connectivity index (χ3v) is 4.04. The average Bonchev–Trinajstić information content (AvgIpc) is 2.44. The molecule has 0 fully saturated rings. The second kappa shape index (κ2) is 3.13. The number of hydrazine groups is 2. The first kappa shape index (κ1) is 9.79. The molecule has 2 N–H and O–H groups in total. The topological polar surface area (TPSA) is 61.4 Å². The molecule has 2 heterocycles. The van der Waals surface area contributed by atoms with Crippen LogP contribution in [0.15, 0.2) is 11.4 Å². The van der Waals surface area contributed by atoms with Gasteiger partial charge in [-0.1, -0.05) is 0 Å². The Bertz CT molecular complexity index is 372. The summed E-state index contributed by atoms with van der Waals surface area (Å²) >= 11 is 0. The van der Waals surface area contributed by atoms with Crippen LogP contribution in [0, 0.1) is 0 Å². The number of nitrogens with zero attached hydrogens (tertiary/aromatic N) is 1. The van der Waals surface area contributed by atoms with Gasteiger partial charge >= 0.3 is 0 Å². The minimum absolute atomic E-state index is 0.153. The van der Waals surface area contributed by atoms with Gasteiger partial charge in [-0.05, 0) is 13.8 Å². The first-order valence-electron chi connectivity index (χ1n) is 4.73. The summed E-state index contributed by atoms with van der Waals surface area (Å²) in [6.45, 7) is 4.04. The molecule has 0 aromatic heterocycles. The van der Waals surface area contributed by atoms with E-state index in [4.69, 9.17) is 0 Å². The van der Waals surface area contributed by atoms with E-state index in [0.717, 1.165) is 11.4 Å². The van der Waals surface area contributed by atoms with Crippen molar-refractivity contribution in [3.05, 3.63) is 11.4 Å². The van der Waals surface area contributed by atoms with E-state index < -0.39 is 9.84 Å². The van der Waals surface area contributed by atoms with E-state index in [1.165, 1.54) is 0 Å². The van der Waals surface area contributed by atoms with E-state index in [1.54, 1.807) is 0 Å². The van der Waals surface area contributed by atoms with Crippen molar-refractivity contribution < 1.29 is 8.42 Å². The van der Waals surface area contributed by atoms with Gasteiger partial charge in [0.15, 0.2) is 9.84 Å². The van der Waals surface area contributed by atoms with E-state index in [-0.39, 0.29) is 17.5 Å². The molecule has 0 amide bonds. The number of rotatable bonds is 1. The molecule has 0 saturated heterocycles. The molecular formula is C8H15N3O2S. The van der Waals surface area contributed by atoms with Crippen molar-refractivity contribution in [3.8, 4) is 0 Å². The first-order valence-corrected chi connectivity index (χ1v) is 6.55. The monoisotopic (exact) mass is 217 g/mol. The van der Waals surface area contributed by atoms with Gasteiger partial charge in [-0.15, -0.1) is 5.53 Å². The third-order valence-electron chi connectivity index (χ3n) is 2.50. The van der Waals surface area contributed by atoms with Crippen LogP contribution in [0.2, 0.25) is 0 Å². The van der Waals surface area contributed by atoms with Crippen molar-refractivity contribution in [2.75, 3.05) is 11.5 Å². The van der Waals surface area contributed by atoms with Gasteiger partial charge < -0.3 is 5.43 Å². The van der Waals surface area contributed by atoms with Crippen LogP contribution < -0.4 is 11.0 Å². The van der Waals surface area contributed by atoms with Crippen LogP contribution >= 0.6 is 0 Å². The van der Waals surface area contributed by atoms with Crippen molar-refractivity contribution in [3.63, 3.8) is 0 Å². The molecule has 6 heteroatoms. The fourth-order valence-corrected chi connectivity index (χ4v) is 3.14. The molecule has 0 unspecified atom stereocenters. The predicted molar refractivity (Wildman–Crippen MR) is 53.5 cm³/mol. The Morgan fingerprint density at radius 2 is 2.14 bits per heavy atom. The standard InChI is InChI=1S/C8H15N3O2S/c1-6(2)11-8-5-14(12,13)4-3-7(8)9-10-11/h6,9-10H,3-5H2,1-2H3. The molecule has 2 aliphatic heterocycles. The summed E-state index contributed by atoms with van der Waals surface area (Å²) < 4.78 is 22.9. The first-order chi connectivity index (χ1) is 6.49. The number of sulfone groups is 1. The summed E-state index contributed by atoms with van der Waals surface area (Å²) in [7, 11) is -2.88. The SMILES string of the molecule is CC(C)N1NNC2=C1CS(=O)(=O)CC2. The normalized spacial score (nSPS) is 25.2. The zero-order valence-corrected chi connectivity index (χ0v) is 9.19. The van der Waals surface area contributed by atoms with Crippen LogP contribution in [-0.4, -0.2) is 31.0 Å². The van der Waals surface area contributed by atoms with Gasteiger partial charge in [0.05, 0.1) is 22.9 Å². The van der Waals surface area contributed by atoms with Gasteiger partial charge in [0.2, 0.25) is 0 Å². The molecule has 5 nitrogen and oxygen atoms in total. The second-order valence-corrected chi connectivity index (χ2v) is 6.15. The fraction of sp³-hybridized carbons (Fsp3) is 0.750. The van der Waals surface area contributed by atoms with Gasteiger partial charge in [-0.25, -0.2) is 8.42 Å². The Kier molecular flexibility index (Phi) is 2.19. The maximum Gasteiger partial charge on any atom is 0.156 e. The average molecular weight is 217 g/mol. The molecule has 0 aromatic rings. The van der Waals surface area contributed by atoms with Crippen LogP contribution in [0.1, 0.15) is 20.3 Å². The Balaban J connectivity index is 2.28. The van der Waals surface area contributed by atoms with E-state index in [2.05, 4.69) is 11.0 Å². The van der Waals surface area contributed by atoms with E-state index in [9.17, 15) is 8.42 Å². The molecule has 2 rings (SSSR count). The van der Waals surface area contributed by atoms with Crippen molar-refractivity contribution in [2.24, 2.45) is 0 Å². The smallest absolute Gasteiger partial charge is 0.156 e. The fourth-order valence-electron chi connectivity index (χ4n) is 1.75. The largest absolute Gasteiger partial charge is 0.306 e. The Hall–Kier alpha value is -0.750. The Morgan fingerprint density at radius 1 is 1.43 bits per heavy atom. The van der Waals surface area contributed by atoms with Crippen molar-refractivity contribution in [1.82, 2.24) is 16.0 Å². The molecule has 0 bridgehead atoms. The molecule has 2 aliphatic rings. The predicted octanol–water partition coefficient (Wildman–Crippen LogP) is -0.250. The lowest BCUT2D eigenvalue weighted by Crippen LogP contribution is -2.42. The van der Waals surface area contributed by atoms with E-state index >= 15 is 0 Å². The summed E-state index contributed by atoms with van der Waals surface area (Å²) in [6, 6.07) is 0.253. The molecule has 80 valence electrons. The molecule has 0 aliphatic carbocycles. The third kappa shape index (κ3) is 1.59. The van der Waals surface area contributed by atoms with Crippen LogP contribution in [-0.2, 0) is 9.84 Å². The number of allylic oxidation sites excluding steroid dienone is 1. The second-order valence-electron chi connectivity index (χ2n) is 3.97. The van der Waals surface area contributed by atoms with Crippen LogP contribution in [0.25, 0.3) is 0 Å². The zero-order chi connectivity index (χ0) is 10.3. The van der Waals surface area contributed by atoms with Crippen LogP contribution in [0.4, 0.5) is 0 Å². The highest BCUT2D eigenvalue weighted by Crippen LogP contribution is 2.24. The molecule has 0 aromatic carbocycles. The van der Waals surface area contributed by atoms with Gasteiger partial charge in [-0.3, -0.25) is 5.01 Å². The lowest BCUT2D eigenvalue weighted by atomic mass is 10.2. The summed E-state index contributed by atoms with van der Waals surface area (Å²) in [5.74, 6) is 0.410. The van der Waals surface area contributed by atoms with Gasteiger partial charge in [0, 0.05) is 12.5 Å². The van der Waals surface area contributed by atoms with Crippen LogP contribution in [0.3, 0.4) is 0 Å². The molecular weight excluding hydrogens is 202 g/mol. The Morgan fingerprint density at radius 3 is 2.79 bits per heavy atom. The molecule has 14 heavy (non-hydrogen) atoms.